The van der Waals surface area contributed by atoms with E-state index in [0.29, 0.717) is 16.0 Å². The fraction of sp³-hybridized carbons (Fsp3) is 0.250. The first kappa shape index (κ1) is 11.9. The molecule has 0 saturated heterocycles. The third kappa shape index (κ3) is 2.40. The van der Waals surface area contributed by atoms with Gasteiger partial charge in [-0.2, -0.15) is 0 Å². The Balaban J connectivity index is 2.39. The molecule has 0 N–H and O–H groups in total. The van der Waals surface area contributed by atoms with Crippen molar-refractivity contribution < 1.29 is 0 Å². The summed E-state index contributed by atoms with van der Waals surface area (Å²) in [6.45, 7) is 4.27. The van der Waals surface area contributed by atoms with E-state index >= 15 is 0 Å². The number of aromatic nitrogens is 1. The third-order valence-corrected chi connectivity index (χ3v) is 3.93. The predicted octanol–water partition coefficient (Wildman–Crippen LogP) is 5.24. The van der Waals surface area contributed by atoms with Crippen LogP contribution < -0.4 is 0 Å². The molecule has 0 bridgehead atoms. The maximum Gasteiger partial charge on any atom is 0.123 e. The lowest BCUT2D eigenvalue weighted by molar-refractivity contribution is 0.834. The molecule has 1 aromatic heterocycles. The monoisotopic (exact) mass is 271 g/mol. The standard InChI is InChI=1S/C12H11Cl2NS/c1-7(2)11-6-16-12(15-11)8-3-4-9(13)10(14)5-8/h3-7H,1-2H3. The van der Waals surface area contributed by atoms with E-state index in [-0.39, 0.29) is 0 Å². The molecule has 16 heavy (non-hydrogen) atoms. The van der Waals surface area contributed by atoms with E-state index in [2.05, 4.69) is 24.2 Å². The average Bonchev–Trinajstić information content (AvgIpc) is 2.71. The molecule has 0 aliphatic carbocycles. The molecule has 4 heteroatoms. The highest BCUT2D eigenvalue weighted by atomic mass is 35.5. The first-order valence-corrected chi connectivity index (χ1v) is 6.62. The zero-order valence-electron chi connectivity index (χ0n) is 9.00. The number of hydrogen-bond acceptors (Lipinski definition) is 2. The molecule has 84 valence electrons. The van der Waals surface area contributed by atoms with Gasteiger partial charge in [0.05, 0.1) is 15.7 Å². The number of halogens is 2. The van der Waals surface area contributed by atoms with E-state index in [0.717, 1.165) is 16.3 Å². The minimum atomic E-state index is 0.452. The molecule has 1 aromatic carbocycles. The summed E-state index contributed by atoms with van der Waals surface area (Å²) >= 11 is 13.5. The van der Waals surface area contributed by atoms with Crippen molar-refractivity contribution in [2.24, 2.45) is 0 Å². The fourth-order valence-corrected chi connectivity index (χ4v) is 2.59. The van der Waals surface area contributed by atoms with Crippen molar-refractivity contribution in [2.75, 3.05) is 0 Å². The molecule has 2 aromatic rings. The lowest BCUT2D eigenvalue weighted by Crippen LogP contribution is -1.86. The van der Waals surface area contributed by atoms with Crippen molar-refractivity contribution in [1.82, 2.24) is 4.98 Å². The van der Waals surface area contributed by atoms with Gasteiger partial charge in [0.15, 0.2) is 0 Å². The first-order valence-electron chi connectivity index (χ1n) is 4.99. The summed E-state index contributed by atoms with van der Waals surface area (Å²) in [5.74, 6) is 0.452. The van der Waals surface area contributed by atoms with Crippen molar-refractivity contribution in [3.05, 3.63) is 39.3 Å². The highest BCUT2D eigenvalue weighted by Gasteiger charge is 2.08. The second-order valence-electron chi connectivity index (χ2n) is 3.86. The van der Waals surface area contributed by atoms with Crippen LogP contribution in [-0.4, -0.2) is 4.98 Å². The van der Waals surface area contributed by atoms with Crippen LogP contribution in [0.5, 0.6) is 0 Å². The van der Waals surface area contributed by atoms with Crippen molar-refractivity contribution in [1.29, 1.82) is 0 Å². The highest BCUT2D eigenvalue weighted by Crippen LogP contribution is 2.31. The molecule has 0 saturated carbocycles. The number of rotatable bonds is 2. The average molecular weight is 272 g/mol. The van der Waals surface area contributed by atoms with Gasteiger partial charge in [-0.15, -0.1) is 11.3 Å². The van der Waals surface area contributed by atoms with E-state index in [9.17, 15) is 0 Å². The molecule has 0 amide bonds. The molecule has 0 aliphatic rings. The SMILES string of the molecule is CC(C)c1csc(-c2ccc(Cl)c(Cl)c2)n1. The first-order chi connectivity index (χ1) is 7.58. The second-order valence-corrected chi connectivity index (χ2v) is 5.53. The summed E-state index contributed by atoms with van der Waals surface area (Å²) in [5, 5.41) is 4.22. The molecule has 0 atom stereocenters. The normalized spacial score (nSPS) is 11.1. The Morgan fingerprint density at radius 1 is 1.19 bits per heavy atom. The van der Waals surface area contributed by atoms with Gasteiger partial charge in [-0.05, 0) is 18.1 Å². The summed E-state index contributed by atoms with van der Waals surface area (Å²) in [6.07, 6.45) is 0. The summed E-state index contributed by atoms with van der Waals surface area (Å²) in [4.78, 5) is 4.57. The van der Waals surface area contributed by atoms with Crippen LogP contribution in [0, 0.1) is 0 Å². The lowest BCUT2D eigenvalue weighted by atomic mass is 10.1. The molecule has 0 radical (unpaired) electrons. The minimum absolute atomic E-state index is 0.452. The second kappa shape index (κ2) is 4.74. The smallest absolute Gasteiger partial charge is 0.123 e. The zero-order chi connectivity index (χ0) is 11.7. The van der Waals surface area contributed by atoms with E-state index in [4.69, 9.17) is 23.2 Å². The van der Waals surface area contributed by atoms with Crippen molar-refractivity contribution >= 4 is 34.5 Å². The van der Waals surface area contributed by atoms with Gasteiger partial charge in [0.1, 0.15) is 5.01 Å². The summed E-state index contributed by atoms with van der Waals surface area (Å²) in [6, 6.07) is 5.60. The van der Waals surface area contributed by atoms with E-state index in [1.54, 1.807) is 17.4 Å². The van der Waals surface area contributed by atoms with Gasteiger partial charge >= 0.3 is 0 Å². The molecule has 0 unspecified atom stereocenters. The maximum atomic E-state index is 5.98. The maximum absolute atomic E-state index is 5.98. The van der Waals surface area contributed by atoms with Crippen LogP contribution in [0.4, 0.5) is 0 Å². The quantitative estimate of drug-likeness (QED) is 0.728. The van der Waals surface area contributed by atoms with Crippen molar-refractivity contribution in [3.8, 4) is 10.6 Å². The summed E-state index contributed by atoms with van der Waals surface area (Å²) < 4.78 is 0. The van der Waals surface area contributed by atoms with Gasteiger partial charge in [0.25, 0.3) is 0 Å². The van der Waals surface area contributed by atoms with Crippen LogP contribution in [0.15, 0.2) is 23.6 Å². The molecule has 0 spiro atoms. The molecular formula is C12H11Cl2NS. The van der Waals surface area contributed by atoms with E-state index < -0.39 is 0 Å². The van der Waals surface area contributed by atoms with E-state index in [1.807, 2.05) is 12.1 Å². The predicted molar refractivity (Wildman–Crippen MR) is 71.7 cm³/mol. The van der Waals surface area contributed by atoms with Gasteiger partial charge in [-0.3, -0.25) is 0 Å². The Labute approximate surface area is 109 Å². The Hall–Kier alpha value is -0.570. The number of thiazole rings is 1. The minimum Gasteiger partial charge on any atom is -0.241 e. The number of nitrogens with zero attached hydrogens (tertiary/aromatic N) is 1. The fourth-order valence-electron chi connectivity index (χ4n) is 1.31. The number of hydrogen-bond donors (Lipinski definition) is 0. The molecule has 1 nitrogen and oxygen atoms in total. The van der Waals surface area contributed by atoms with Gasteiger partial charge in [0.2, 0.25) is 0 Å². The summed E-state index contributed by atoms with van der Waals surface area (Å²) in [5.41, 5.74) is 2.14. The van der Waals surface area contributed by atoms with Crippen molar-refractivity contribution in [2.45, 2.75) is 19.8 Å². The van der Waals surface area contributed by atoms with Crippen LogP contribution in [0.1, 0.15) is 25.5 Å². The number of benzene rings is 1. The molecule has 0 aliphatic heterocycles. The molecular weight excluding hydrogens is 261 g/mol. The Kier molecular flexibility index (Phi) is 3.53. The van der Waals surface area contributed by atoms with Gasteiger partial charge < -0.3 is 0 Å². The zero-order valence-corrected chi connectivity index (χ0v) is 11.3. The Bertz CT molecular complexity index is 505. The Morgan fingerprint density at radius 3 is 2.50 bits per heavy atom. The highest BCUT2D eigenvalue weighted by molar-refractivity contribution is 7.13. The van der Waals surface area contributed by atoms with Gasteiger partial charge in [-0.1, -0.05) is 43.1 Å². The molecule has 0 fully saturated rings. The third-order valence-electron chi connectivity index (χ3n) is 2.28. The van der Waals surface area contributed by atoms with Crippen molar-refractivity contribution in [3.63, 3.8) is 0 Å². The van der Waals surface area contributed by atoms with Gasteiger partial charge in [-0.25, -0.2) is 4.98 Å². The van der Waals surface area contributed by atoms with Crippen LogP contribution >= 0.6 is 34.5 Å². The topological polar surface area (TPSA) is 12.9 Å². The summed E-state index contributed by atoms with van der Waals surface area (Å²) in [7, 11) is 0. The Morgan fingerprint density at radius 2 is 1.94 bits per heavy atom. The molecule has 1 heterocycles. The van der Waals surface area contributed by atoms with Crippen LogP contribution in [0.2, 0.25) is 10.0 Å². The van der Waals surface area contributed by atoms with E-state index in [1.165, 1.54) is 0 Å². The molecule has 2 rings (SSSR count). The lowest BCUT2D eigenvalue weighted by Gasteiger charge is -2.00. The van der Waals surface area contributed by atoms with Crippen LogP contribution in [0.3, 0.4) is 0 Å². The largest absolute Gasteiger partial charge is 0.241 e. The van der Waals surface area contributed by atoms with Crippen LogP contribution in [0.25, 0.3) is 10.6 Å². The van der Waals surface area contributed by atoms with Gasteiger partial charge in [0, 0.05) is 10.9 Å². The van der Waals surface area contributed by atoms with Crippen LogP contribution in [-0.2, 0) is 0 Å².